The zero-order valence-corrected chi connectivity index (χ0v) is 19.1. The van der Waals surface area contributed by atoms with Crippen LogP contribution in [0, 0.1) is 18.3 Å². The zero-order valence-electron chi connectivity index (χ0n) is 16.8. The molecular weight excluding hydrogens is 463 g/mol. The van der Waals surface area contributed by atoms with Crippen molar-refractivity contribution in [2.45, 2.75) is 51.2 Å². The smallest absolute Gasteiger partial charge is 0.191 e. The Morgan fingerprint density at radius 1 is 1.36 bits per heavy atom. The lowest BCUT2D eigenvalue weighted by molar-refractivity contribution is -0.171. The number of aromatic amines is 1. The van der Waals surface area contributed by atoms with Crippen molar-refractivity contribution < 1.29 is 4.74 Å². The van der Waals surface area contributed by atoms with Crippen LogP contribution in [0.2, 0.25) is 0 Å². The monoisotopic (exact) mass is 494 g/mol. The number of para-hydroxylation sites is 1. The second-order valence-corrected chi connectivity index (χ2v) is 8.51. The van der Waals surface area contributed by atoms with Crippen molar-refractivity contribution in [3.05, 3.63) is 35.5 Å². The van der Waals surface area contributed by atoms with E-state index in [-0.39, 0.29) is 24.0 Å². The van der Waals surface area contributed by atoms with Crippen molar-refractivity contribution in [3.8, 4) is 0 Å². The van der Waals surface area contributed by atoms with E-state index in [4.69, 9.17) is 4.74 Å². The van der Waals surface area contributed by atoms with E-state index in [1.807, 2.05) is 7.05 Å². The lowest BCUT2D eigenvalue weighted by Gasteiger charge is -2.63. The fraction of sp³-hybridized carbons (Fsp3) is 0.591. The molecule has 5 nitrogen and oxygen atoms in total. The summed E-state index contributed by atoms with van der Waals surface area (Å²) in [5.41, 5.74) is 4.30. The van der Waals surface area contributed by atoms with Crippen LogP contribution in [0.1, 0.15) is 36.8 Å². The second-order valence-electron chi connectivity index (χ2n) is 8.51. The Morgan fingerprint density at radius 3 is 2.96 bits per heavy atom. The number of H-pyrrole nitrogens is 1. The Bertz CT molecular complexity index is 873. The molecule has 1 spiro atoms. The lowest BCUT2D eigenvalue weighted by Crippen LogP contribution is -2.72. The summed E-state index contributed by atoms with van der Waals surface area (Å²) in [5.74, 6) is 1.60. The molecule has 2 heterocycles. The summed E-state index contributed by atoms with van der Waals surface area (Å²) in [6.07, 6.45) is 8.76. The Morgan fingerprint density at radius 2 is 2.21 bits per heavy atom. The minimum atomic E-state index is 0. The van der Waals surface area contributed by atoms with Gasteiger partial charge in [0.25, 0.3) is 0 Å². The maximum atomic E-state index is 6.03. The lowest BCUT2D eigenvalue weighted by atomic mass is 9.46. The average molecular weight is 494 g/mol. The van der Waals surface area contributed by atoms with Gasteiger partial charge in [-0.3, -0.25) is 4.99 Å². The van der Waals surface area contributed by atoms with Gasteiger partial charge in [0.05, 0.1) is 6.10 Å². The van der Waals surface area contributed by atoms with Gasteiger partial charge in [0.2, 0.25) is 0 Å². The van der Waals surface area contributed by atoms with E-state index in [0.717, 1.165) is 25.5 Å². The van der Waals surface area contributed by atoms with Crippen LogP contribution in [0.4, 0.5) is 0 Å². The Balaban J connectivity index is 0.00000192. The van der Waals surface area contributed by atoms with E-state index in [1.54, 1.807) is 0 Å². The fourth-order valence-corrected chi connectivity index (χ4v) is 5.68. The van der Waals surface area contributed by atoms with Crippen molar-refractivity contribution in [2.75, 3.05) is 20.2 Å². The van der Waals surface area contributed by atoms with E-state index in [1.165, 1.54) is 47.7 Å². The third-order valence-electron chi connectivity index (χ3n) is 7.25. The third kappa shape index (κ3) is 3.03. The molecule has 3 atom stereocenters. The van der Waals surface area contributed by atoms with Gasteiger partial charge < -0.3 is 20.4 Å². The maximum absolute atomic E-state index is 6.03. The predicted octanol–water partition coefficient (Wildman–Crippen LogP) is 3.76. The first-order chi connectivity index (χ1) is 13.2. The number of guanidine groups is 1. The van der Waals surface area contributed by atoms with E-state index in [9.17, 15) is 0 Å². The first-order valence-electron chi connectivity index (χ1n) is 10.4. The van der Waals surface area contributed by atoms with Crippen LogP contribution in [0.5, 0.6) is 0 Å². The molecule has 3 fully saturated rings. The van der Waals surface area contributed by atoms with Crippen LogP contribution in [-0.2, 0) is 11.2 Å². The predicted molar refractivity (Wildman–Crippen MR) is 125 cm³/mol. The topological polar surface area (TPSA) is 61.4 Å². The van der Waals surface area contributed by atoms with Crippen molar-refractivity contribution in [2.24, 2.45) is 16.3 Å². The van der Waals surface area contributed by atoms with Crippen LogP contribution in [-0.4, -0.2) is 43.3 Å². The molecule has 2 saturated carbocycles. The van der Waals surface area contributed by atoms with Gasteiger partial charge in [-0.1, -0.05) is 24.6 Å². The van der Waals surface area contributed by atoms with Gasteiger partial charge in [0.1, 0.15) is 0 Å². The zero-order chi connectivity index (χ0) is 18.4. The number of hydrogen-bond donors (Lipinski definition) is 3. The van der Waals surface area contributed by atoms with Crippen LogP contribution in [0.25, 0.3) is 10.9 Å². The molecule has 3 unspecified atom stereocenters. The number of aryl methyl sites for hydroxylation is 1. The highest BCUT2D eigenvalue weighted by Gasteiger charge is 2.66. The van der Waals surface area contributed by atoms with E-state index in [0.29, 0.717) is 23.5 Å². The largest absolute Gasteiger partial charge is 0.377 e. The number of benzene rings is 1. The van der Waals surface area contributed by atoms with E-state index < -0.39 is 0 Å². The standard InChI is InChI=1S/C22H30N4O.HI/c1-14-5-3-6-16-15(13-25-18(14)16)7-11-24-21(23-2)26-19-17-8-12-27-20(17)22(19)9-4-10-22;/h3,5-6,13,17,19-20,25H,4,7-12H2,1-2H3,(H2,23,24,26);1H. The van der Waals surface area contributed by atoms with Crippen LogP contribution < -0.4 is 10.6 Å². The Hall–Kier alpha value is -1.28. The SMILES string of the molecule is CN=C(NCCc1c[nH]c2c(C)cccc12)NC1C2CCOC2C12CCC2.I. The summed E-state index contributed by atoms with van der Waals surface area (Å²) in [7, 11) is 1.87. The first kappa shape index (κ1) is 20.0. The summed E-state index contributed by atoms with van der Waals surface area (Å²) >= 11 is 0. The van der Waals surface area contributed by atoms with Crippen molar-refractivity contribution in [3.63, 3.8) is 0 Å². The molecule has 2 aliphatic carbocycles. The number of aliphatic imine (C=N–C) groups is 1. The molecule has 0 radical (unpaired) electrons. The van der Waals surface area contributed by atoms with Crippen molar-refractivity contribution in [1.82, 2.24) is 15.6 Å². The fourth-order valence-electron chi connectivity index (χ4n) is 5.68. The van der Waals surface area contributed by atoms with Crippen LogP contribution >= 0.6 is 24.0 Å². The number of halogens is 1. The highest BCUT2D eigenvalue weighted by atomic mass is 127. The Labute approximate surface area is 184 Å². The normalized spacial score (nSPS) is 27.6. The minimum absolute atomic E-state index is 0. The van der Waals surface area contributed by atoms with Gasteiger partial charge in [-0.05, 0) is 43.7 Å². The van der Waals surface area contributed by atoms with E-state index >= 15 is 0 Å². The summed E-state index contributed by atoms with van der Waals surface area (Å²) in [6.45, 7) is 3.97. The highest BCUT2D eigenvalue weighted by Crippen LogP contribution is 2.62. The number of nitrogens with one attached hydrogen (secondary N) is 3. The number of aromatic nitrogens is 1. The molecule has 2 aromatic rings. The van der Waals surface area contributed by atoms with E-state index in [2.05, 4.69) is 51.9 Å². The number of nitrogens with zero attached hydrogens (tertiary/aromatic N) is 1. The number of rotatable bonds is 4. The molecule has 6 heteroatoms. The summed E-state index contributed by atoms with van der Waals surface area (Å²) < 4.78 is 6.03. The maximum Gasteiger partial charge on any atom is 0.191 e. The molecular formula is C22H31IN4O. The number of hydrogen-bond acceptors (Lipinski definition) is 2. The number of fused-ring (bicyclic) bond motifs is 3. The quantitative estimate of drug-likeness (QED) is 0.345. The van der Waals surface area contributed by atoms with Gasteiger partial charge in [-0.2, -0.15) is 0 Å². The molecule has 28 heavy (non-hydrogen) atoms. The van der Waals surface area contributed by atoms with Gasteiger partial charge in [-0.15, -0.1) is 24.0 Å². The molecule has 152 valence electrons. The van der Waals surface area contributed by atoms with Gasteiger partial charge in [-0.25, -0.2) is 0 Å². The average Bonchev–Trinajstić information content (AvgIpc) is 3.23. The van der Waals surface area contributed by atoms with Gasteiger partial charge >= 0.3 is 0 Å². The molecule has 1 saturated heterocycles. The van der Waals surface area contributed by atoms with Crippen molar-refractivity contribution in [1.29, 1.82) is 0 Å². The molecule has 1 aromatic heterocycles. The summed E-state index contributed by atoms with van der Waals surface area (Å²) in [6, 6.07) is 7.02. The summed E-state index contributed by atoms with van der Waals surface area (Å²) in [5, 5.41) is 8.61. The van der Waals surface area contributed by atoms with Crippen LogP contribution in [0.15, 0.2) is 29.4 Å². The Kier molecular flexibility index (Phi) is 5.62. The number of ether oxygens (including phenoxy) is 1. The van der Waals surface area contributed by atoms with Crippen molar-refractivity contribution >= 4 is 40.8 Å². The molecule has 5 rings (SSSR count). The molecule has 0 bridgehead atoms. The minimum Gasteiger partial charge on any atom is -0.377 e. The van der Waals surface area contributed by atoms with Crippen LogP contribution in [0.3, 0.4) is 0 Å². The molecule has 3 aliphatic rings. The summed E-state index contributed by atoms with van der Waals surface area (Å²) in [4.78, 5) is 7.91. The molecule has 3 N–H and O–H groups in total. The molecule has 1 aliphatic heterocycles. The van der Waals surface area contributed by atoms with Gasteiger partial charge in [0.15, 0.2) is 5.96 Å². The third-order valence-corrected chi connectivity index (χ3v) is 7.25. The molecule has 0 amide bonds. The molecule has 1 aromatic carbocycles. The first-order valence-corrected chi connectivity index (χ1v) is 10.4. The highest BCUT2D eigenvalue weighted by molar-refractivity contribution is 14.0. The van der Waals surface area contributed by atoms with Gasteiger partial charge in [0, 0.05) is 54.7 Å². The second kappa shape index (κ2) is 7.86.